The molecule has 0 saturated carbocycles. The molecule has 0 bridgehead atoms. The minimum absolute atomic E-state index is 0.0238. The lowest BCUT2D eigenvalue weighted by molar-refractivity contribution is 0.0813. The Morgan fingerprint density at radius 2 is 1.96 bits per heavy atom. The van der Waals surface area contributed by atoms with Gasteiger partial charge in [0.15, 0.2) is 0 Å². The van der Waals surface area contributed by atoms with Gasteiger partial charge in [-0.2, -0.15) is 11.8 Å². The summed E-state index contributed by atoms with van der Waals surface area (Å²) in [4.78, 5) is 15.5. The van der Waals surface area contributed by atoms with Crippen molar-refractivity contribution < 1.29 is 9.90 Å². The minimum Gasteiger partial charge on any atom is -0.394 e. The van der Waals surface area contributed by atoms with Crippen LogP contribution in [0, 0.1) is 0 Å². The molecule has 2 heterocycles. The molecule has 1 fully saturated rings. The van der Waals surface area contributed by atoms with Gasteiger partial charge in [-0.15, -0.1) is 0 Å². The Bertz CT molecular complexity index is 678. The van der Waals surface area contributed by atoms with Gasteiger partial charge in [-0.1, -0.05) is 23.7 Å². The first kappa shape index (κ1) is 16.4. The number of carbonyl (C=O) groups excluding carboxylic acids is 1. The van der Waals surface area contributed by atoms with Crippen LogP contribution in [0.25, 0.3) is 11.1 Å². The van der Waals surface area contributed by atoms with E-state index in [4.69, 9.17) is 11.6 Å². The van der Waals surface area contributed by atoms with E-state index in [9.17, 15) is 9.90 Å². The fourth-order valence-corrected chi connectivity index (χ4v) is 4.13. The smallest absolute Gasteiger partial charge is 0.268 e. The van der Waals surface area contributed by atoms with E-state index in [2.05, 4.69) is 10.3 Å². The quantitative estimate of drug-likeness (QED) is 0.792. The molecular formula is C17H19ClN2O2S. The van der Waals surface area contributed by atoms with Crippen LogP contribution in [-0.4, -0.2) is 39.6 Å². The Morgan fingerprint density at radius 3 is 2.61 bits per heavy atom. The lowest BCUT2D eigenvalue weighted by atomic mass is 9.93. The van der Waals surface area contributed by atoms with Crippen LogP contribution in [0.4, 0.5) is 0 Å². The van der Waals surface area contributed by atoms with Crippen LogP contribution in [0.1, 0.15) is 23.3 Å². The van der Waals surface area contributed by atoms with E-state index >= 15 is 0 Å². The van der Waals surface area contributed by atoms with Gasteiger partial charge < -0.3 is 15.4 Å². The number of nitrogens with one attached hydrogen (secondary N) is 2. The molecule has 122 valence electrons. The maximum absolute atomic E-state index is 12.5. The number of rotatable bonds is 4. The number of aliphatic hydroxyl groups is 1. The Morgan fingerprint density at radius 1 is 1.26 bits per heavy atom. The van der Waals surface area contributed by atoms with Gasteiger partial charge in [-0.3, -0.25) is 4.79 Å². The monoisotopic (exact) mass is 350 g/mol. The average molecular weight is 351 g/mol. The first-order chi connectivity index (χ1) is 11.1. The lowest BCUT2D eigenvalue weighted by Gasteiger charge is -2.36. The van der Waals surface area contributed by atoms with Crippen molar-refractivity contribution in [2.24, 2.45) is 0 Å². The number of aliphatic hydroxyl groups excluding tert-OH is 1. The molecule has 3 N–H and O–H groups in total. The van der Waals surface area contributed by atoms with Crippen LogP contribution in [-0.2, 0) is 0 Å². The van der Waals surface area contributed by atoms with Crippen molar-refractivity contribution in [1.82, 2.24) is 10.3 Å². The maximum atomic E-state index is 12.5. The topological polar surface area (TPSA) is 65.1 Å². The van der Waals surface area contributed by atoms with Crippen LogP contribution in [0.3, 0.4) is 0 Å². The molecule has 1 amide bonds. The molecule has 23 heavy (non-hydrogen) atoms. The minimum atomic E-state index is -0.492. The third kappa shape index (κ3) is 3.74. The van der Waals surface area contributed by atoms with E-state index < -0.39 is 5.54 Å². The fraction of sp³-hybridized carbons (Fsp3) is 0.353. The summed E-state index contributed by atoms with van der Waals surface area (Å²) in [6.07, 6.45) is 3.40. The molecule has 0 atom stereocenters. The zero-order valence-corrected chi connectivity index (χ0v) is 14.2. The summed E-state index contributed by atoms with van der Waals surface area (Å²) in [7, 11) is 0. The normalized spacial score (nSPS) is 17.0. The van der Waals surface area contributed by atoms with Crippen molar-refractivity contribution in [2.45, 2.75) is 18.4 Å². The van der Waals surface area contributed by atoms with E-state index in [1.54, 1.807) is 6.20 Å². The number of H-pyrrole nitrogens is 1. The molecule has 4 nitrogen and oxygen atoms in total. The number of aromatic nitrogens is 1. The van der Waals surface area contributed by atoms with E-state index in [-0.39, 0.29) is 12.5 Å². The van der Waals surface area contributed by atoms with Crippen LogP contribution in [0.2, 0.25) is 5.02 Å². The van der Waals surface area contributed by atoms with E-state index in [0.29, 0.717) is 10.7 Å². The number of hydrogen-bond acceptors (Lipinski definition) is 3. The summed E-state index contributed by atoms with van der Waals surface area (Å²) in [5.41, 5.74) is 1.94. The Balaban J connectivity index is 1.74. The third-order valence-electron chi connectivity index (χ3n) is 4.24. The van der Waals surface area contributed by atoms with E-state index in [1.807, 2.05) is 42.1 Å². The van der Waals surface area contributed by atoms with Gasteiger partial charge in [-0.25, -0.2) is 0 Å². The zero-order valence-electron chi connectivity index (χ0n) is 12.6. The maximum Gasteiger partial charge on any atom is 0.268 e. The number of amides is 1. The first-order valence-electron chi connectivity index (χ1n) is 7.57. The van der Waals surface area contributed by atoms with Crippen molar-refractivity contribution in [3.63, 3.8) is 0 Å². The summed E-state index contributed by atoms with van der Waals surface area (Å²) in [6.45, 7) is -0.0238. The number of benzene rings is 1. The molecule has 6 heteroatoms. The molecule has 1 aromatic carbocycles. The lowest BCUT2D eigenvalue weighted by Crippen LogP contribution is -2.53. The van der Waals surface area contributed by atoms with Crippen molar-refractivity contribution in [3.05, 3.63) is 47.2 Å². The van der Waals surface area contributed by atoms with Gasteiger partial charge in [-0.05, 0) is 53.7 Å². The molecular weight excluding hydrogens is 332 g/mol. The van der Waals surface area contributed by atoms with Crippen molar-refractivity contribution in [2.75, 3.05) is 18.1 Å². The molecule has 3 rings (SSSR count). The summed E-state index contributed by atoms with van der Waals surface area (Å²) in [5.74, 6) is 1.74. The predicted molar refractivity (Wildman–Crippen MR) is 95.1 cm³/mol. The van der Waals surface area contributed by atoms with Crippen molar-refractivity contribution in [1.29, 1.82) is 0 Å². The van der Waals surface area contributed by atoms with Gasteiger partial charge in [0.05, 0.1) is 12.1 Å². The molecule has 2 aromatic rings. The highest BCUT2D eigenvalue weighted by Gasteiger charge is 2.33. The van der Waals surface area contributed by atoms with Crippen LogP contribution in [0.15, 0.2) is 36.5 Å². The van der Waals surface area contributed by atoms with Gasteiger partial charge in [0.2, 0.25) is 0 Å². The summed E-state index contributed by atoms with van der Waals surface area (Å²) < 4.78 is 0. The number of hydrogen-bond donors (Lipinski definition) is 3. The van der Waals surface area contributed by atoms with E-state index in [0.717, 1.165) is 35.5 Å². The molecule has 1 aliphatic rings. The molecule has 0 aliphatic carbocycles. The molecule has 1 aliphatic heterocycles. The number of aromatic amines is 1. The molecule has 0 radical (unpaired) electrons. The largest absolute Gasteiger partial charge is 0.394 e. The fourth-order valence-electron chi connectivity index (χ4n) is 2.73. The summed E-state index contributed by atoms with van der Waals surface area (Å²) >= 11 is 7.75. The van der Waals surface area contributed by atoms with Crippen molar-refractivity contribution >= 4 is 29.3 Å². The second kappa shape index (κ2) is 6.99. The SMILES string of the molecule is O=C(NC1(CO)CCSCC1)c1cc(-c2ccc(Cl)cc2)c[nH]1. The Kier molecular flexibility index (Phi) is 4.99. The number of thioether (sulfide) groups is 1. The zero-order chi connectivity index (χ0) is 16.3. The molecule has 1 aromatic heterocycles. The third-order valence-corrected chi connectivity index (χ3v) is 5.47. The van der Waals surface area contributed by atoms with Crippen LogP contribution >= 0.6 is 23.4 Å². The number of halogens is 1. The Hall–Kier alpha value is -1.43. The van der Waals surface area contributed by atoms with Crippen LogP contribution in [0.5, 0.6) is 0 Å². The summed E-state index contributed by atoms with van der Waals surface area (Å²) in [6, 6.07) is 9.30. The highest BCUT2D eigenvalue weighted by molar-refractivity contribution is 7.99. The standard InChI is InChI=1S/C17H19ClN2O2S/c18-14-3-1-12(2-4-14)13-9-15(19-10-13)16(22)20-17(11-21)5-7-23-8-6-17/h1-4,9-10,19,21H,5-8,11H2,(H,20,22). The van der Waals surface area contributed by atoms with Crippen molar-refractivity contribution in [3.8, 4) is 11.1 Å². The van der Waals surface area contributed by atoms with Crippen LogP contribution < -0.4 is 5.32 Å². The average Bonchev–Trinajstić information content (AvgIpc) is 3.06. The van der Waals surface area contributed by atoms with Gasteiger partial charge >= 0.3 is 0 Å². The summed E-state index contributed by atoms with van der Waals surface area (Å²) in [5, 5.41) is 13.4. The first-order valence-corrected chi connectivity index (χ1v) is 9.11. The van der Waals surface area contributed by atoms with Gasteiger partial charge in [0.1, 0.15) is 5.69 Å². The Labute approximate surface area is 144 Å². The molecule has 0 unspecified atom stereocenters. The van der Waals surface area contributed by atoms with E-state index in [1.165, 1.54) is 0 Å². The second-order valence-electron chi connectivity index (χ2n) is 5.81. The predicted octanol–water partition coefficient (Wildman–Crippen LogP) is 3.32. The molecule has 1 saturated heterocycles. The second-order valence-corrected chi connectivity index (χ2v) is 7.48. The van der Waals surface area contributed by atoms with Gasteiger partial charge in [0.25, 0.3) is 5.91 Å². The number of carbonyl (C=O) groups is 1. The van der Waals surface area contributed by atoms with Gasteiger partial charge in [0, 0.05) is 11.2 Å². The molecule has 0 spiro atoms. The highest BCUT2D eigenvalue weighted by atomic mass is 35.5. The highest BCUT2D eigenvalue weighted by Crippen LogP contribution is 2.27.